The third kappa shape index (κ3) is 9.66. The average Bonchev–Trinajstić information content (AvgIpc) is 3.33. The Hall–Kier alpha value is -8.73. The van der Waals surface area contributed by atoms with E-state index in [1.165, 1.54) is 66.8 Å². The van der Waals surface area contributed by atoms with Gasteiger partial charge in [-0.05, 0) is 79.2 Å². The van der Waals surface area contributed by atoms with Crippen LogP contribution < -0.4 is 26.3 Å². The summed E-state index contributed by atoms with van der Waals surface area (Å²) < 4.78 is 12.5. The Morgan fingerprint density at radius 2 is 1.44 bits per heavy atom. The predicted molar refractivity (Wildman–Crippen MR) is 268 cm³/mol. The van der Waals surface area contributed by atoms with Gasteiger partial charge in [0.1, 0.15) is 28.4 Å². The van der Waals surface area contributed by atoms with Gasteiger partial charge in [0.15, 0.2) is 5.43 Å². The molecule has 2 amide bonds. The van der Waals surface area contributed by atoms with Gasteiger partial charge in [0.2, 0.25) is 5.91 Å². The van der Waals surface area contributed by atoms with Crippen molar-refractivity contribution in [2.75, 3.05) is 32.1 Å². The maximum Gasteiger partial charge on any atom is 0.337 e. The molecule has 4 aliphatic rings. The molecule has 0 aromatic heterocycles. The van der Waals surface area contributed by atoms with Gasteiger partial charge < -0.3 is 44.8 Å². The number of phenols is 1. The molecule has 8 rings (SSSR count). The van der Waals surface area contributed by atoms with Crippen molar-refractivity contribution >= 4 is 80.6 Å². The second-order valence-electron chi connectivity index (χ2n) is 16.1. The van der Waals surface area contributed by atoms with E-state index in [1.807, 2.05) is 38.1 Å². The molecule has 358 valence electrons. The Kier molecular flexibility index (Phi) is 13.8. The lowest BCUT2D eigenvalue weighted by Crippen LogP contribution is -2.25. The second-order valence-corrected chi connectivity index (χ2v) is 16.9. The number of fused-ring (bicyclic) bond motifs is 4. The van der Waals surface area contributed by atoms with Crippen molar-refractivity contribution in [1.82, 2.24) is 10.6 Å². The first-order valence-corrected chi connectivity index (χ1v) is 22.4. The molecule has 2 aliphatic heterocycles. The summed E-state index contributed by atoms with van der Waals surface area (Å²) in [7, 11) is 3.75. The second kappa shape index (κ2) is 20.1. The molecular formula is C53H40Cl2N4O12. The number of carbonyl (C=O) groups is 5. The molecule has 0 spiro atoms. The minimum absolute atomic E-state index is 0.00258. The van der Waals surface area contributed by atoms with E-state index in [0.717, 1.165) is 17.8 Å². The monoisotopic (exact) mass is 994 g/mol. The highest BCUT2D eigenvalue weighted by Gasteiger charge is 2.30. The number of nitrogens with zero attached hydrogens (tertiary/aromatic N) is 2. The van der Waals surface area contributed by atoms with Crippen molar-refractivity contribution < 1.29 is 53.2 Å². The molecule has 18 heteroatoms. The highest BCUT2D eigenvalue weighted by molar-refractivity contribution is 6.41. The van der Waals surface area contributed by atoms with Gasteiger partial charge in [-0.3, -0.25) is 19.4 Å². The third-order valence-electron chi connectivity index (χ3n) is 11.5. The Bertz CT molecular complexity index is 3670. The summed E-state index contributed by atoms with van der Waals surface area (Å²) in [6.07, 6.45) is 5.50. The van der Waals surface area contributed by atoms with E-state index in [4.69, 9.17) is 32.0 Å². The molecule has 4 aromatic carbocycles. The van der Waals surface area contributed by atoms with Crippen LogP contribution in [-0.4, -0.2) is 77.3 Å². The Morgan fingerprint density at radius 1 is 0.718 bits per heavy atom. The van der Waals surface area contributed by atoms with Gasteiger partial charge in [-0.1, -0.05) is 47.5 Å². The van der Waals surface area contributed by atoms with Gasteiger partial charge in [-0.15, -0.1) is 0 Å². The van der Waals surface area contributed by atoms with E-state index in [1.54, 1.807) is 24.3 Å². The summed E-state index contributed by atoms with van der Waals surface area (Å²) in [5.41, 5.74) is 1.41. The van der Waals surface area contributed by atoms with Crippen LogP contribution in [0.25, 0.3) is 66.8 Å². The number of aromatic hydroxyl groups is 1. The van der Waals surface area contributed by atoms with Crippen molar-refractivity contribution in [2.45, 2.75) is 13.5 Å². The number of carbonyl (C=O) groups excluding carboxylic acids is 2. The zero-order valence-corrected chi connectivity index (χ0v) is 39.3. The van der Waals surface area contributed by atoms with Gasteiger partial charge in [0.25, 0.3) is 5.91 Å². The first kappa shape index (κ1) is 48.7. The zero-order valence-electron chi connectivity index (χ0n) is 37.8. The van der Waals surface area contributed by atoms with Crippen LogP contribution in [0.1, 0.15) is 53.9 Å². The van der Waals surface area contributed by atoms with Crippen molar-refractivity contribution in [2.24, 2.45) is 4.99 Å². The van der Waals surface area contributed by atoms with E-state index in [0.29, 0.717) is 45.1 Å². The molecule has 0 atom stereocenters. The number of phenolic OH excluding ortho intramolecular Hbond substituents is 1. The summed E-state index contributed by atoms with van der Waals surface area (Å²) in [5, 5.41) is 47.0. The highest BCUT2D eigenvalue weighted by Crippen LogP contribution is 2.47. The molecule has 0 saturated heterocycles. The SMILES string of the molecule is CC/N=c1\ccc2c(-c3c(Cl)cc(C(=O)NC/C=C/C=C/C(=O)NCc4c5oc6cc(O)ccc6c(-c6ccc(C(=O)O)cc6C(=O)O)c-5ccc4=O)c(Cl)c3C(=O)O)c3ccc(N(C)C)cc3oc-2c1. The van der Waals surface area contributed by atoms with E-state index in [2.05, 4.69) is 15.6 Å². The molecule has 16 nitrogen and oxygen atoms in total. The maximum atomic E-state index is 13.5. The molecular weight excluding hydrogens is 956 g/mol. The normalized spacial score (nSPS) is 11.9. The quantitative estimate of drug-likeness (QED) is 0.0338. The van der Waals surface area contributed by atoms with Crippen molar-refractivity contribution in [3.8, 4) is 50.7 Å². The number of anilines is 1. The topological polar surface area (TPSA) is 249 Å². The number of rotatable bonds is 14. The van der Waals surface area contributed by atoms with Crippen molar-refractivity contribution in [3.63, 3.8) is 0 Å². The van der Waals surface area contributed by atoms with Crippen LogP contribution in [0.5, 0.6) is 5.75 Å². The number of aromatic carboxylic acids is 3. The number of benzene rings is 6. The van der Waals surface area contributed by atoms with Gasteiger partial charge in [-0.2, -0.15) is 0 Å². The number of halogens is 2. The molecule has 0 fully saturated rings. The minimum Gasteiger partial charge on any atom is -0.508 e. The lowest BCUT2D eigenvalue weighted by atomic mass is 9.88. The molecule has 0 unspecified atom stereocenters. The first-order chi connectivity index (χ1) is 34.0. The fourth-order valence-corrected chi connectivity index (χ4v) is 8.83. The van der Waals surface area contributed by atoms with Gasteiger partial charge >= 0.3 is 17.9 Å². The third-order valence-corrected chi connectivity index (χ3v) is 12.2. The number of hydrogen-bond donors (Lipinski definition) is 6. The summed E-state index contributed by atoms with van der Waals surface area (Å²) in [6, 6.07) is 22.5. The highest BCUT2D eigenvalue weighted by atomic mass is 35.5. The number of allylic oxidation sites excluding steroid dienone is 2. The van der Waals surface area contributed by atoms with E-state index in [9.17, 15) is 49.2 Å². The molecule has 0 saturated carbocycles. The Balaban J connectivity index is 1.00. The lowest BCUT2D eigenvalue weighted by molar-refractivity contribution is -0.116. The molecule has 0 bridgehead atoms. The summed E-state index contributed by atoms with van der Waals surface area (Å²) in [6.45, 7) is 2.01. The summed E-state index contributed by atoms with van der Waals surface area (Å²) in [4.78, 5) is 83.3. The number of amides is 2. The van der Waals surface area contributed by atoms with Gasteiger partial charge in [0.05, 0.1) is 49.8 Å². The number of carboxylic acid groups (broad SMARTS) is 3. The molecule has 2 aliphatic carbocycles. The van der Waals surface area contributed by atoms with Crippen LogP contribution in [0, 0.1) is 0 Å². The van der Waals surface area contributed by atoms with E-state index >= 15 is 0 Å². The molecule has 4 aromatic rings. The van der Waals surface area contributed by atoms with Gasteiger partial charge in [-0.25, -0.2) is 14.4 Å². The minimum atomic E-state index is -1.42. The number of hydrogen-bond acceptors (Lipinski definition) is 11. The lowest BCUT2D eigenvalue weighted by Gasteiger charge is -2.21. The Morgan fingerprint density at radius 3 is 2.15 bits per heavy atom. The summed E-state index contributed by atoms with van der Waals surface area (Å²) >= 11 is 13.7. The van der Waals surface area contributed by atoms with Crippen LogP contribution in [0.3, 0.4) is 0 Å². The first-order valence-electron chi connectivity index (χ1n) is 21.6. The summed E-state index contributed by atoms with van der Waals surface area (Å²) in [5.74, 6) is -5.29. The van der Waals surface area contributed by atoms with Crippen LogP contribution in [0.2, 0.25) is 10.0 Å². The van der Waals surface area contributed by atoms with E-state index in [-0.39, 0.29) is 84.7 Å². The van der Waals surface area contributed by atoms with Crippen molar-refractivity contribution in [3.05, 3.63) is 169 Å². The zero-order chi connectivity index (χ0) is 50.8. The van der Waals surface area contributed by atoms with E-state index < -0.39 is 40.7 Å². The largest absolute Gasteiger partial charge is 0.508 e. The molecule has 71 heavy (non-hydrogen) atoms. The average molecular weight is 996 g/mol. The fourth-order valence-electron chi connectivity index (χ4n) is 8.21. The number of carboxylic acids is 3. The van der Waals surface area contributed by atoms with Crippen molar-refractivity contribution in [1.29, 1.82) is 0 Å². The number of nitrogens with one attached hydrogen (secondary N) is 2. The Labute approximate surface area is 412 Å². The molecule has 0 radical (unpaired) electrons. The fraction of sp³-hybridized carbons (Fsp3) is 0.113. The van der Waals surface area contributed by atoms with Crippen LogP contribution in [0.15, 0.2) is 134 Å². The van der Waals surface area contributed by atoms with Crippen LogP contribution in [-0.2, 0) is 11.3 Å². The maximum absolute atomic E-state index is 13.5. The standard InChI is InChI=1S/C53H40Cl2N4O12/c1-4-56-27-10-14-32-40(21-27)70-41-22-28(59(2)3)11-15-33(41)45(32)46-38(54)24-36(48(55)47(46)53(68)69)50(63)57-19-7-5-6-8-43(62)58-25-37-39(61)18-17-34-44(31-16-12-29(60)23-42(31)71-49(34)37)30-13-9-26(51(64)65)20-35(30)52(66)67/h5-18,20-24,60H,4,19,25H2,1-3H3,(H,57,63)(H,58,62)(H,64,65)(H,66,67)(H,68,69)/b7-5+,8-6+,56-27+. The predicted octanol–water partition coefficient (Wildman–Crippen LogP) is 9.34. The molecule has 6 N–H and O–H groups in total. The van der Waals surface area contributed by atoms with Gasteiger partial charge in [0, 0.05) is 95.7 Å². The molecule has 2 heterocycles. The smallest absolute Gasteiger partial charge is 0.337 e. The van der Waals surface area contributed by atoms with Crippen LogP contribution >= 0.6 is 23.2 Å². The van der Waals surface area contributed by atoms with Crippen LogP contribution in [0.4, 0.5) is 5.69 Å².